The van der Waals surface area contributed by atoms with Crippen molar-refractivity contribution in [3.63, 3.8) is 0 Å². The largest absolute Gasteiger partial charge is 0.491 e. The molecule has 0 saturated heterocycles. The van der Waals surface area contributed by atoms with Crippen molar-refractivity contribution in [2.24, 2.45) is 11.8 Å². The number of hydrogen-bond donors (Lipinski definition) is 0. The van der Waals surface area contributed by atoms with Crippen molar-refractivity contribution in [2.45, 2.75) is 269 Å². The summed E-state index contributed by atoms with van der Waals surface area (Å²) in [7, 11) is 0. The lowest BCUT2D eigenvalue weighted by molar-refractivity contribution is -0.409. The predicted molar refractivity (Wildman–Crippen MR) is 269 cm³/mol. The molecule has 1 fully saturated rings. The summed E-state index contributed by atoms with van der Waals surface area (Å²) >= 11 is 0. The Bertz CT molecular complexity index is 2400. The summed E-state index contributed by atoms with van der Waals surface area (Å²) in [4.78, 5) is 0. The van der Waals surface area contributed by atoms with Gasteiger partial charge >= 0.3 is 55.6 Å². The van der Waals surface area contributed by atoms with Crippen LogP contribution in [0.15, 0.2) is 36.4 Å². The minimum absolute atomic E-state index is 0.144. The molecule has 1 aliphatic carbocycles. The second kappa shape index (κ2) is 28.0. The van der Waals surface area contributed by atoms with E-state index < -0.39 is 173 Å². The fraction of sp³-hybridized carbons (Fsp3) is 0.786. The van der Waals surface area contributed by atoms with Crippen LogP contribution in [0.25, 0.3) is 0 Å². The van der Waals surface area contributed by atoms with Crippen molar-refractivity contribution in [1.29, 1.82) is 0 Å². The average molecular weight is 1360 g/mol. The highest BCUT2D eigenvalue weighted by molar-refractivity contribution is 5.50. The third-order valence-electron chi connectivity index (χ3n) is 13.5. The van der Waals surface area contributed by atoms with Gasteiger partial charge in [-0.2, -0.15) is 119 Å². The monoisotopic (exact) mass is 1350 g/mol. The average Bonchev–Trinajstić information content (AvgIpc) is 0.787. The molecule has 0 spiro atoms. The van der Waals surface area contributed by atoms with E-state index in [0.717, 1.165) is 55.4 Å². The van der Waals surface area contributed by atoms with Gasteiger partial charge in [0.15, 0.2) is 5.60 Å². The molecule has 6 nitrogen and oxygen atoms in total. The minimum atomic E-state index is -6.16. The maximum atomic E-state index is 14.0. The molecule has 2 aromatic carbocycles. The van der Waals surface area contributed by atoms with Gasteiger partial charge in [-0.05, 0) is 145 Å². The third kappa shape index (κ3) is 17.9. The summed E-state index contributed by atoms with van der Waals surface area (Å²) in [6, 6.07) is 2.00. The summed E-state index contributed by atoms with van der Waals surface area (Å²) < 4.78 is 399. The summed E-state index contributed by atoms with van der Waals surface area (Å²) in [5.41, 5.74) is -26.6. The normalized spacial score (nSPS) is 18.0. The minimum Gasteiger partial charge on any atom is -0.491 e. The van der Waals surface area contributed by atoms with E-state index in [1.807, 2.05) is 20.8 Å². The van der Waals surface area contributed by atoms with Crippen LogP contribution in [0.2, 0.25) is 0 Å². The molecular weight excluding hydrogens is 1280 g/mol. The Morgan fingerprint density at radius 3 is 0.910 bits per heavy atom. The van der Waals surface area contributed by atoms with Crippen LogP contribution in [0.4, 0.5) is 119 Å². The van der Waals surface area contributed by atoms with Gasteiger partial charge in [-0.15, -0.1) is 0 Å². The summed E-state index contributed by atoms with van der Waals surface area (Å²) in [5, 5.41) is 0. The van der Waals surface area contributed by atoms with Gasteiger partial charge < -0.3 is 28.4 Å². The van der Waals surface area contributed by atoms with Crippen molar-refractivity contribution >= 4 is 0 Å². The van der Waals surface area contributed by atoms with Crippen molar-refractivity contribution < 1.29 is 147 Å². The second-order valence-electron chi connectivity index (χ2n) is 23.9. The third-order valence-corrected chi connectivity index (χ3v) is 13.5. The number of hydrogen-bond acceptors (Lipinski definition) is 6. The Hall–Kier alpha value is -3.85. The molecule has 0 heterocycles. The number of benzene rings is 2. The zero-order valence-electron chi connectivity index (χ0n) is 51.1. The molecule has 522 valence electrons. The molecule has 0 bridgehead atoms. The molecule has 3 unspecified atom stereocenters. The van der Waals surface area contributed by atoms with Gasteiger partial charge in [0.1, 0.15) is 5.75 Å². The Morgan fingerprint density at radius 1 is 0.348 bits per heavy atom. The number of rotatable bonds is 17. The first kappa shape index (κ1) is 83.2. The van der Waals surface area contributed by atoms with Gasteiger partial charge in [-0.3, -0.25) is 0 Å². The fourth-order valence-corrected chi connectivity index (χ4v) is 10.2. The summed E-state index contributed by atoms with van der Waals surface area (Å²) in [6.07, 6.45) is -62.5. The van der Waals surface area contributed by atoms with Crippen molar-refractivity contribution in [3.8, 4) is 5.75 Å². The Morgan fingerprint density at radius 2 is 0.652 bits per heavy atom. The molecule has 0 aromatic heterocycles. The van der Waals surface area contributed by atoms with Crippen molar-refractivity contribution in [1.82, 2.24) is 0 Å². The number of ether oxygens (including phenoxy) is 6. The molecule has 33 heteroatoms. The van der Waals surface area contributed by atoms with E-state index in [-0.39, 0.29) is 42.7 Å². The Kier molecular flexibility index (Phi) is 26.2. The van der Waals surface area contributed by atoms with Gasteiger partial charge in [0.05, 0.1) is 36.6 Å². The van der Waals surface area contributed by atoms with Crippen LogP contribution < -0.4 is 4.74 Å². The van der Waals surface area contributed by atoms with E-state index in [2.05, 4.69) is 18.9 Å². The Labute approximate surface area is 497 Å². The van der Waals surface area contributed by atoms with Crippen LogP contribution >= 0.6 is 0 Å². The van der Waals surface area contributed by atoms with E-state index in [1.54, 1.807) is 0 Å². The first-order chi connectivity index (χ1) is 39.2. The molecule has 2 aromatic rings. The topological polar surface area (TPSA) is 55.4 Å². The van der Waals surface area contributed by atoms with Gasteiger partial charge in [-0.25, -0.2) is 0 Å². The highest BCUT2D eigenvalue weighted by Gasteiger charge is 2.79. The summed E-state index contributed by atoms with van der Waals surface area (Å²) in [6.45, 7) is 20.7. The second-order valence-corrected chi connectivity index (χ2v) is 23.9. The van der Waals surface area contributed by atoms with E-state index in [4.69, 9.17) is 9.47 Å². The zero-order chi connectivity index (χ0) is 70.9. The fourth-order valence-electron chi connectivity index (χ4n) is 10.2. The quantitative estimate of drug-likeness (QED) is 0.147. The molecule has 3 rings (SSSR count). The SMILES string of the molecule is CC(C)OC(C)(C1CCCC(C(OC(C)C)(C(F)(F)F)C(F)(F)F)C1)C(F)(F)F.CC(C)OC(c1ccc(C(OC(C)C)(C(F)(F)F)C(F)(F)F)cc1)(C(F)(F)F)C(F)(F)F.Cc1cc(C(C)(C)C)cc(OC(C)C)c1C(OC(C)C)(C(F)(F)F)C(F)(F)F. The van der Waals surface area contributed by atoms with E-state index >= 15 is 0 Å². The lowest BCUT2D eigenvalue weighted by Crippen LogP contribution is -2.66. The lowest BCUT2D eigenvalue weighted by Gasteiger charge is -2.49. The molecule has 0 N–H and O–H groups in total. The molecule has 89 heavy (non-hydrogen) atoms. The maximum absolute atomic E-state index is 14.0. The van der Waals surface area contributed by atoms with Gasteiger partial charge in [0, 0.05) is 22.6 Å². The van der Waals surface area contributed by atoms with Crippen LogP contribution in [-0.2, 0) is 45.9 Å². The number of alkyl halides is 27. The molecule has 0 amide bonds. The molecular formula is C56H73F27O6. The lowest BCUT2D eigenvalue weighted by atomic mass is 9.67. The van der Waals surface area contributed by atoms with Crippen LogP contribution in [0.5, 0.6) is 5.75 Å². The Balaban J connectivity index is 0.000000669. The summed E-state index contributed by atoms with van der Waals surface area (Å²) in [5.74, 6) is -4.28. The van der Waals surface area contributed by atoms with Crippen molar-refractivity contribution in [2.75, 3.05) is 0 Å². The first-order valence-electron chi connectivity index (χ1n) is 27.1. The van der Waals surface area contributed by atoms with Crippen LogP contribution in [0, 0.1) is 18.8 Å². The standard InChI is InChI=1S/C20H28F6O2.C18H18F12O2.C18H27F9O2/c1-11(2)27-15-10-14(17(6,7)8)9-13(5)16(15)18(19(21,22)23,20(24,25)26)28-12(3)4;1-9(2)31-13(15(19,20)21,16(22,23)24)11-5-7-12(8-6-11)14(17(25,26)27,18(28,29)30)32-10(3)4;1-10(2)28-14(5,16(19,20)21)12-7-6-8-13(9-12)15(17(22,23)24,18(25,26)27)29-11(3)4/h9-12H,1-8H3;5-10H,1-4H3;10-13H,6-9H2,1-5H3. The molecule has 1 saturated carbocycles. The van der Waals surface area contributed by atoms with Crippen LogP contribution in [0.1, 0.15) is 164 Å². The smallest absolute Gasteiger partial charge is 0.431 e. The van der Waals surface area contributed by atoms with Crippen molar-refractivity contribution in [3.05, 3.63) is 64.2 Å². The van der Waals surface area contributed by atoms with Gasteiger partial charge in [0.25, 0.3) is 22.4 Å². The van der Waals surface area contributed by atoms with Crippen LogP contribution in [-0.4, -0.2) is 103 Å². The van der Waals surface area contributed by atoms with E-state index in [0.29, 0.717) is 12.5 Å². The highest BCUT2D eigenvalue weighted by atomic mass is 19.5. The maximum Gasteiger partial charge on any atom is 0.431 e. The number of halogens is 27. The molecule has 1 aliphatic rings. The zero-order valence-corrected chi connectivity index (χ0v) is 51.1. The van der Waals surface area contributed by atoms with E-state index in [9.17, 15) is 119 Å². The molecule has 0 radical (unpaired) electrons. The van der Waals surface area contributed by atoms with Crippen LogP contribution in [0.3, 0.4) is 0 Å². The first-order valence-corrected chi connectivity index (χ1v) is 27.1. The highest BCUT2D eigenvalue weighted by Crippen LogP contribution is 2.61. The van der Waals surface area contributed by atoms with E-state index in [1.165, 1.54) is 46.8 Å². The number of aryl methyl sites for hydroxylation is 1. The molecule has 0 aliphatic heterocycles. The van der Waals surface area contributed by atoms with Gasteiger partial charge in [0.2, 0.25) is 0 Å². The van der Waals surface area contributed by atoms with Gasteiger partial charge in [-0.1, -0.05) is 57.5 Å². The predicted octanol–water partition coefficient (Wildman–Crippen LogP) is 20.8. The molecule has 3 atom stereocenters.